The van der Waals surface area contributed by atoms with E-state index in [1.807, 2.05) is 30.3 Å². The molecular formula is C25H21NO5. The first-order valence-corrected chi connectivity index (χ1v) is 9.61. The minimum atomic E-state index is -0.219. The Labute approximate surface area is 179 Å². The van der Waals surface area contributed by atoms with Gasteiger partial charge in [0.1, 0.15) is 11.3 Å². The molecule has 0 bridgehead atoms. The van der Waals surface area contributed by atoms with Crippen molar-refractivity contribution in [3.05, 3.63) is 83.7 Å². The van der Waals surface area contributed by atoms with Gasteiger partial charge in [-0.3, -0.25) is 4.79 Å². The number of ether oxygens (including phenoxy) is 3. The molecule has 6 heteroatoms. The number of hydrogen-bond donors (Lipinski definition) is 0. The lowest BCUT2D eigenvalue weighted by Gasteiger charge is -2.09. The van der Waals surface area contributed by atoms with Gasteiger partial charge < -0.3 is 18.6 Å². The van der Waals surface area contributed by atoms with Crippen LogP contribution in [0.4, 0.5) is 0 Å². The number of carbonyl (C=O) groups is 1. The summed E-state index contributed by atoms with van der Waals surface area (Å²) in [5.41, 5.74) is 2.86. The Bertz CT molecular complexity index is 1220. The van der Waals surface area contributed by atoms with Gasteiger partial charge in [-0.15, -0.1) is 0 Å². The van der Waals surface area contributed by atoms with Crippen molar-refractivity contribution in [3.8, 4) is 17.2 Å². The minimum Gasteiger partial charge on any atom is -0.497 e. The lowest BCUT2D eigenvalue weighted by molar-refractivity contribution is 0.105. The number of carbonyl (C=O) groups excluding carboxylic acids is 1. The number of hydrogen-bond acceptors (Lipinski definition) is 6. The average Bonchev–Trinajstić information content (AvgIpc) is 3.26. The van der Waals surface area contributed by atoms with E-state index >= 15 is 0 Å². The minimum absolute atomic E-state index is 0.219. The quantitative estimate of drug-likeness (QED) is 0.302. The van der Waals surface area contributed by atoms with Gasteiger partial charge in [0.25, 0.3) is 0 Å². The monoisotopic (exact) mass is 415 g/mol. The smallest absolute Gasteiger partial charge is 0.231 e. The maximum atomic E-state index is 13.4. The van der Waals surface area contributed by atoms with Crippen LogP contribution in [0.3, 0.4) is 0 Å². The Kier molecular flexibility index (Phi) is 5.71. The normalized spacial score (nSPS) is 11.4. The largest absolute Gasteiger partial charge is 0.497 e. The molecule has 4 rings (SSSR count). The summed E-state index contributed by atoms with van der Waals surface area (Å²) >= 11 is 0. The number of fused-ring (bicyclic) bond motifs is 1. The summed E-state index contributed by atoms with van der Waals surface area (Å²) in [7, 11) is 4.72. The van der Waals surface area contributed by atoms with Crippen LogP contribution in [0, 0.1) is 0 Å². The topological polar surface area (TPSA) is 70.8 Å². The van der Waals surface area contributed by atoms with Crippen LogP contribution in [-0.4, -0.2) is 32.1 Å². The molecule has 0 amide bonds. The molecule has 0 aliphatic rings. The standard InChI is InChI=1S/C25H21NO5/c1-28-18-11-9-17(10-12-18)24(27)19(25-26-20-6-4-5-7-21(20)31-25)14-16-8-13-22(29-2)23(15-16)30-3/h4-15H,1-3H3/b19-14+. The van der Waals surface area contributed by atoms with E-state index < -0.39 is 0 Å². The molecule has 156 valence electrons. The van der Waals surface area contributed by atoms with Crippen LogP contribution in [0.15, 0.2) is 71.1 Å². The fraction of sp³-hybridized carbons (Fsp3) is 0.120. The number of rotatable bonds is 7. The summed E-state index contributed by atoms with van der Waals surface area (Å²) in [4.78, 5) is 18.0. The molecule has 0 unspecified atom stereocenters. The zero-order chi connectivity index (χ0) is 21.8. The van der Waals surface area contributed by atoms with Gasteiger partial charge in [-0.1, -0.05) is 18.2 Å². The highest BCUT2D eigenvalue weighted by Gasteiger charge is 2.20. The maximum Gasteiger partial charge on any atom is 0.231 e. The number of aromatic nitrogens is 1. The zero-order valence-electron chi connectivity index (χ0n) is 17.4. The van der Waals surface area contributed by atoms with Crippen LogP contribution in [0.1, 0.15) is 21.8 Å². The number of Topliss-reactive ketones (excluding diaryl/α,β-unsaturated/α-hetero) is 1. The summed E-state index contributed by atoms with van der Waals surface area (Å²) in [5.74, 6) is 1.86. The predicted octanol–water partition coefficient (Wildman–Crippen LogP) is 5.28. The van der Waals surface area contributed by atoms with Crippen LogP contribution >= 0.6 is 0 Å². The number of benzene rings is 3. The van der Waals surface area contributed by atoms with Crippen LogP contribution < -0.4 is 14.2 Å². The van der Waals surface area contributed by atoms with Gasteiger partial charge in [0.2, 0.25) is 5.89 Å². The van der Waals surface area contributed by atoms with E-state index in [0.29, 0.717) is 39.5 Å². The molecule has 31 heavy (non-hydrogen) atoms. The Morgan fingerprint density at radius 3 is 2.29 bits per heavy atom. The van der Waals surface area contributed by atoms with Crippen LogP contribution in [-0.2, 0) is 0 Å². The third-order valence-corrected chi connectivity index (χ3v) is 4.84. The van der Waals surface area contributed by atoms with E-state index in [1.54, 1.807) is 63.8 Å². The molecule has 0 atom stereocenters. The van der Waals surface area contributed by atoms with Crippen molar-refractivity contribution < 1.29 is 23.4 Å². The summed E-state index contributed by atoms with van der Waals surface area (Å²) in [5, 5.41) is 0. The molecule has 0 fully saturated rings. The van der Waals surface area contributed by atoms with Gasteiger partial charge in [-0.05, 0) is 60.2 Å². The molecule has 0 radical (unpaired) electrons. The van der Waals surface area contributed by atoms with E-state index in [-0.39, 0.29) is 11.7 Å². The lowest BCUT2D eigenvalue weighted by Crippen LogP contribution is -2.03. The number of ketones is 1. The molecule has 0 saturated carbocycles. The molecule has 1 heterocycles. The Hall–Kier alpha value is -4.06. The van der Waals surface area contributed by atoms with E-state index in [1.165, 1.54) is 0 Å². The first kappa shape index (κ1) is 20.2. The molecule has 0 saturated heterocycles. The van der Waals surface area contributed by atoms with E-state index in [0.717, 1.165) is 5.56 Å². The van der Waals surface area contributed by atoms with Crippen molar-refractivity contribution in [3.63, 3.8) is 0 Å². The second-order valence-corrected chi connectivity index (χ2v) is 6.72. The number of nitrogens with zero attached hydrogens (tertiary/aromatic N) is 1. The van der Waals surface area contributed by atoms with Crippen molar-refractivity contribution in [2.75, 3.05) is 21.3 Å². The molecule has 4 aromatic rings. The molecule has 0 spiro atoms. The third kappa shape index (κ3) is 4.14. The molecule has 0 aliphatic heterocycles. The highest BCUT2D eigenvalue weighted by Crippen LogP contribution is 2.31. The first-order chi connectivity index (χ1) is 15.1. The number of para-hydroxylation sites is 2. The zero-order valence-corrected chi connectivity index (χ0v) is 17.4. The maximum absolute atomic E-state index is 13.4. The lowest BCUT2D eigenvalue weighted by atomic mass is 10.0. The fourth-order valence-electron chi connectivity index (χ4n) is 3.22. The highest BCUT2D eigenvalue weighted by molar-refractivity contribution is 6.31. The molecule has 3 aromatic carbocycles. The third-order valence-electron chi connectivity index (χ3n) is 4.84. The molecule has 1 aromatic heterocycles. The van der Waals surface area contributed by atoms with Gasteiger partial charge in [0.05, 0.1) is 26.9 Å². The average molecular weight is 415 g/mol. The Morgan fingerprint density at radius 2 is 1.61 bits per heavy atom. The first-order valence-electron chi connectivity index (χ1n) is 9.61. The Balaban J connectivity index is 1.83. The number of oxazole rings is 1. The number of methoxy groups -OCH3 is 3. The fourth-order valence-corrected chi connectivity index (χ4v) is 3.22. The van der Waals surface area contributed by atoms with Crippen LogP contribution in [0.5, 0.6) is 17.2 Å². The van der Waals surface area contributed by atoms with Crippen LogP contribution in [0.2, 0.25) is 0 Å². The number of allylic oxidation sites excluding steroid dienone is 1. The van der Waals surface area contributed by atoms with Crippen molar-refractivity contribution in [1.82, 2.24) is 4.98 Å². The van der Waals surface area contributed by atoms with Crippen molar-refractivity contribution >= 4 is 28.5 Å². The molecule has 0 N–H and O–H groups in total. The summed E-state index contributed by atoms with van der Waals surface area (Å²) < 4.78 is 21.8. The molecule has 0 aliphatic carbocycles. The second kappa shape index (κ2) is 8.75. The van der Waals surface area contributed by atoms with Gasteiger partial charge >= 0.3 is 0 Å². The summed E-state index contributed by atoms with van der Waals surface area (Å²) in [6.07, 6.45) is 1.74. The SMILES string of the molecule is COc1ccc(C(=O)/C(=C\c2ccc(OC)c(OC)c2)c2nc3ccccc3o2)cc1. The second-order valence-electron chi connectivity index (χ2n) is 6.72. The van der Waals surface area contributed by atoms with Gasteiger partial charge in [-0.2, -0.15) is 0 Å². The van der Waals surface area contributed by atoms with E-state index in [2.05, 4.69) is 4.98 Å². The van der Waals surface area contributed by atoms with Gasteiger partial charge in [0.15, 0.2) is 22.9 Å². The van der Waals surface area contributed by atoms with E-state index in [9.17, 15) is 4.79 Å². The highest BCUT2D eigenvalue weighted by atomic mass is 16.5. The van der Waals surface area contributed by atoms with Crippen molar-refractivity contribution in [2.45, 2.75) is 0 Å². The Morgan fingerprint density at radius 1 is 0.871 bits per heavy atom. The van der Waals surface area contributed by atoms with Crippen molar-refractivity contribution in [1.29, 1.82) is 0 Å². The van der Waals surface area contributed by atoms with Crippen molar-refractivity contribution in [2.24, 2.45) is 0 Å². The van der Waals surface area contributed by atoms with Gasteiger partial charge in [-0.25, -0.2) is 4.98 Å². The summed E-state index contributed by atoms with van der Waals surface area (Å²) in [6, 6.07) is 19.7. The summed E-state index contributed by atoms with van der Waals surface area (Å²) in [6.45, 7) is 0. The van der Waals surface area contributed by atoms with E-state index in [4.69, 9.17) is 18.6 Å². The molecular weight excluding hydrogens is 394 g/mol. The predicted molar refractivity (Wildman–Crippen MR) is 119 cm³/mol. The van der Waals surface area contributed by atoms with Crippen LogP contribution in [0.25, 0.3) is 22.7 Å². The molecule has 6 nitrogen and oxygen atoms in total. The van der Waals surface area contributed by atoms with Gasteiger partial charge in [0, 0.05) is 5.56 Å².